The summed E-state index contributed by atoms with van der Waals surface area (Å²) in [6.07, 6.45) is 6.45. The molecule has 3 rings (SSSR count). The molecule has 0 bridgehead atoms. The molecule has 0 spiro atoms. The van der Waals surface area contributed by atoms with Gasteiger partial charge in [0.05, 0.1) is 6.42 Å². The molecular weight excluding hydrogens is 420 g/mol. The lowest BCUT2D eigenvalue weighted by Gasteiger charge is -2.33. The predicted octanol–water partition coefficient (Wildman–Crippen LogP) is 5.76. The van der Waals surface area contributed by atoms with Crippen molar-refractivity contribution in [3.05, 3.63) is 69.7 Å². The Morgan fingerprint density at radius 1 is 1.00 bits per heavy atom. The van der Waals surface area contributed by atoms with Crippen LogP contribution < -0.4 is 5.32 Å². The second kappa shape index (κ2) is 11.5. The fourth-order valence-electron chi connectivity index (χ4n) is 4.70. The van der Waals surface area contributed by atoms with Crippen LogP contribution in [-0.4, -0.2) is 28.8 Å². The van der Waals surface area contributed by atoms with E-state index in [2.05, 4.69) is 23.5 Å². The highest BCUT2D eigenvalue weighted by Crippen LogP contribution is 2.20. The first kappa shape index (κ1) is 24.3. The molecule has 1 aliphatic rings. The molecule has 1 fully saturated rings. The number of carbonyl (C=O) groups is 2. The minimum atomic E-state index is -0.494. The fraction of sp³-hybridized carbons (Fsp3) is 0.481. The van der Waals surface area contributed by atoms with Crippen molar-refractivity contribution < 1.29 is 9.59 Å². The number of amides is 2. The number of halogens is 1. The molecular formula is C27H35ClN2O2. The van der Waals surface area contributed by atoms with Crippen LogP contribution in [0.1, 0.15) is 67.7 Å². The van der Waals surface area contributed by atoms with Crippen LogP contribution in [0, 0.1) is 13.8 Å². The lowest BCUT2D eigenvalue weighted by atomic mass is 9.95. The average Bonchev–Trinajstić information content (AvgIpc) is 2.75. The van der Waals surface area contributed by atoms with Gasteiger partial charge in [-0.1, -0.05) is 79.2 Å². The maximum atomic E-state index is 13.5. The monoisotopic (exact) mass is 454 g/mol. The molecule has 172 valence electrons. The molecule has 0 aliphatic heterocycles. The number of carbonyl (C=O) groups excluding carboxylic acids is 2. The summed E-state index contributed by atoms with van der Waals surface area (Å²) in [6.45, 7) is 6.44. The van der Waals surface area contributed by atoms with Gasteiger partial charge in [0.1, 0.15) is 6.04 Å². The van der Waals surface area contributed by atoms with Gasteiger partial charge in [-0.05, 0) is 56.4 Å². The number of hydrogen-bond donors (Lipinski definition) is 1. The summed E-state index contributed by atoms with van der Waals surface area (Å²) in [6, 6.07) is 13.4. The quantitative estimate of drug-likeness (QED) is 0.551. The largest absolute Gasteiger partial charge is 0.352 e. The van der Waals surface area contributed by atoms with E-state index >= 15 is 0 Å². The Labute approximate surface area is 197 Å². The van der Waals surface area contributed by atoms with E-state index in [1.165, 1.54) is 6.42 Å². The molecule has 5 heteroatoms. The molecule has 2 aromatic rings. The van der Waals surface area contributed by atoms with Gasteiger partial charge in [0.2, 0.25) is 11.8 Å². The van der Waals surface area contributed by atoms with Gasteiger partial charge in [0.15, 0.2) is 0 Å². The first-order valence-electron chi connectivity index (χ1n) is 11.8. The van der Waals surface area contributed by atoms with E-state index < -0.39 is 6.04 Å². The average molecular weight is 455 g/mol. The molecule has 0 unspecified atom stereocenters. The first-order chi connectivity index (χ1) is 15.4. The Morgan fingerprint density at radius 2 is 1.62 bits per heavy atom. The van der Waals surface area contributed by atoms with Crippen LogP contribution >= 0.6 is 11.6 Å². The van der Waals surface area contributed by atoms with Crippen molar-refractivity contribution in [3.63, 3.8) is 0 Å². The van der Waals surface area contributed by atoms with Crippen molar-refractivity contribution in [2.24, 2.45) is 0 Å². The third kappa shape index (κ3) is 6.83. The molecule has 1 N–H and O–H groups in total. The Hall–Kier alpha value is -2.33. The van der Waals surface area contributed by atoms with E-state index in [1.807, 2.05) is 45.0 Å². The zero-order valence-electron chi connectivity index (χ0n) is 19.5. The third-order valence-electron chi connectivity index (χ3n) is 6.24. The summed E-state index contributed by atoms with van der Waals surface area (Å²) in [5, 5.41) is 3.88. The Kier molecular flexibility index (Phi) is 8.75. The molecule has 1 atom stereocenters. The van der Waals surface area contributed by atoms with Crippen LogP contribution in [0.15, 0.2) is 42.5 Å². The smallest absolute Gasteiger partial charge is 0.243 e. The molecule has 0 radical (unpaired) electrons. The van der Waals surface area contributed by atoms with Gasteiger partial charge in [-0.15, -0.1) is 0 Å². The zero-order valence-corrected chi connectivity index (χ0v) is 20.3. The summed E-state index contributed by atoms with van der Waals surface area (Å²) in [7, 11) is 0. The van der Waals surface area contributed by atoms with Gasteiger partial charge in [-0.3, -0.25) is 9.59 Å². The normalized spacial score (nSPS) is 15.2. The van der Waals surface area contributed by atoms with Crippen LogP contribution in [0.4, 0.5) is 0 Å². The molecule has 4 nitrogen and oxygen atoms in total. The minimum absolute atomic E-state index is 0.0319. The van der Waals surface area contributed by atoms with Gasteiger partial charge < -0.3 is 10.2 Å². The van der Waals surface area contributed by atoms with Gasteiger partial charge in [0, 0.05) is 17.6 Å². The molecule has 32 heavy (non-hydrogen) atoms. The predicted molar refractivity (Wildman–Crippen MR) is 131 cm³/mol. The maximum absolute atomic E-state index is 13.5. The maximum Gasteiger partial charge on any atom is 0.243 e. The topological polar surface area (TPSA) is 49.4 Å². The molecule has 1 aliphatic carbocycles. The highest BCUT2D eigenvalue weighted by atomic mass is 35.5. The van der Waals surface area contributed by atoms with E-state index in [-0.39, 0.29) is 24.3 Å². The number of benzene rings is 2. The van der Waals surface area contributed by atoms with Crippen molar-refractivity contribution in [3.8, 4) is 0 Å². The van der Waals surface area contributed by atoms with E-state index in [1.54, 1.807) is 4.90 Å². The zero-order chi connectivity index (χ0) is 23.1. The second-order valence-electron chi connectivity index (χ2n) is 9.09. The van der Waals surface area contributed by atoms with Crippen LogP contribution in [0.2, 0.25) is 5.02 Å². The number of nitrogens with one attached hydrogen (secondary N) is 1. The number of rotatable bonds is 8. The number of nitrogens with zero attached hydrogens (tertiary/aromatic N) is 1. The van der Waals surface area contributed by atoms with Gasteiger partial charge in [-0.2, -0.15) is 0 Å². The Morgan fingerprint density at radius 3 is 2.22 bits per heavy atom. The van der Waals surface area contributed by atoms with Crippen molar-refractivity contribution in [2.75, 3.05) is 0 Å². The molecule has 0 aromatic heterocycles. The molecule has 0 heterocycles. The minimum Gasteiger partial charge on any atom is -0.352 e. The number of aryl methyl sites for hydroxylation is 2. The number of hydrogen-bond acceptors (Lipinski definition) is 2. The third-order valence-corrected chi connectivity index (χ3v) is 6.49. The summed E-state index contributed by atoms with van der Waals surface area (Å²) in [5.41, 5.74) is 4.22. The fourth-order valence-corrected chi connectivity index (χ4v) is 4.82. The van der Waals surface area contributed by atoms with E-state index in [4.69, 9.17) is 11.6 Å². The highest BCUT2D eigenvalue weighted by molar-refractivity contribution is 6.30. The molecule has 2 aromatic carbocycles. The van der Waals surface area contributed by atoms with Crippen LogP contribution in [0.5, 0.6) is 0 Å². The highest BCUT2D eigenvalue weighted by Gasteiger charge is 2.30. The van der Waals surface area contributed by atoms with Gasteiger partial charge in [0.25, 0.3) is 0 Å². The van der Waals surface area contributed by atoms with E-state index in [0.29, 0.717) is 18.0 Å². The second-order valence-corrected chi connectivity index (χ2v) is 9.52. The van der Waals surface area contributed by atoms with Crippen molar-refractivity contribution in [1.29, 1.82) is 0 Å². The summed E-state index contributed by atoms with van der Waals surface area (Å²) in [4.78, 5) is 28.5. The van der Waals surface area contributed by atoms with Crippen molar-refractivity contribution in [2.45, 2.75) is 84.3 Å². The Bertz CT molecular complexity index is 900. The standard InChI is InChI=1S/C27H35ClN2O2/c1-4-25(27(32)29-24-8-6-5-7-9-24)30(18-21-10-12-23(28)13-11-21)26(31)17-22-15-19(2)14-20(3)16-22/h10-16,24-25H,4-9,17-18H2,1-3H3,(H,29,32)/t25-/m1/s1. The van der Waals surface area contributed by atoms with E-state index in [0.717, 1.165) is 47.9 Å². The van der Waals surface area contributed by atoms with Crippen molar-refractivity contribution in [1.82, 2.24) is 10.2 Å². The first-order valence-corrected chi connectivity index (χ1v) is 12.1. The molecule has 2 amide bonds. The lowest BCUT2D eigenvalue weighted by molar-refractivity contribution is -0.141. The molecule has 0 saturated heterocycles. The van der Waals surface area contributed by atoms with Crippen LogP contribution in [0.3, 0.4) is 0 Å². The van der Waals surface area contributed by atoms with Crippen LogP contribution in [0.25, 0.3) is 0 Å². The van der Waals surface area contributed by atoms with Crippen molar-refractivity contribution >= 4 is 23.4 Å². The summed E-state index contributed by atoms with van der Waals surface area (Å²) >= 11 is 6.05. The lowest BCUT2D eigenvalue weighted by Crippen LogP contribution is -2.51. The SMILES string of the molecule is CC[C@H](C(=O)NC1CCCCC1)N(Cc1ccc(Cl)cc1)C(=O)Cc1cc(C)cc(C)c1. The van der Waals surface area contributed by atoms with Crippen LogP contribution in [-0.2, 0) is 22.6 Å². The van der Waals surface area contributed by atoms with E-state index in [9.17, 15) is 9.59 Å². The summed E-state index contributed by atoms with van der Waals surface area (Å²) in [5.74, 6) is -0.0715. The molecule has 1 saturated carbocycles. The Balaban J connectivity index is 1.82. The van der Waals surface area contributed by atoms with Gasteiger partial charge in [-0.25, -0.2) is 0 Å². The van der Waals surface area contributed by atoms with Gasteiger partial charge >= 0.3 is 0 Å². The summed E-state index contributed by atoms with van der Waals surface area (Å²) < 4.78 is 0.